The van der Waals surface area contributed by atoms with Crippen molar-refractivity contribution in [2.45, 2.75) is 19.1 Å². The lowest BCUT2D eigenvalue weighted by Gasteiger charge is -2.14. The van der Waals surface area contributed by atoms with Crippen LogP contribution in [0.2, 0.25) is 0 Å². The molecule has 0 aliphatic carbocycles. The first-order valence-corrected chi connectivity index (χ1v) is 9.35. The number of benzene rings is 1. The van der Waals surface area contributed by atoms with Gasteiger partial charge in [0.2, 0.25) is 0 Å². The molecule has 9 heteroatoms. The molecule has 2 N–H and O–H groups in total. The van der Waals surface area contributed by atoms with Crippen molar-refractivity contribution >= 4 is 33.3 Å². The number of hydrogen-bond donors (Lipinski definition) is 2. The Morgan fingerprint density at radius 1 is 1.10 bits per heavy atom. The highest BCUT2D eigenvalue weighted by Gasteiger charge is 2.30. The first kappa shape index (κ1) is 20.8. The summed E-state index contributed by atoms with van der Waals surface area (Å²) in [6.07, 6.45) is -1.35. The zero-order chi connectivity index (χ0) is 21.0. The maximum atomic E-state index is 12.6. The fraction of sp³-hybridized carbons (Fsp3) is 0.150. The van der Waals surface area contributed by atoms with Gasteiger partial charge in [-0.2, -0.15) is 13.2 Å². The Kier molecular flexibility index (Phi) is 6.17. The Balaban J connectivity index is 1.69. The largest absolute Gasteiger partial charge is 0.416 e. The monoisotopic (exact) mass is 464 g/mol. The van der Waals surface area contributed by atoms with Crippen LogP contribution in [0.1, 0.15) is 34.6 Å². The van der Waals surface area contributed by atoms with E-state index in [0.717, 1.165) is 17.8 Å². The number of halogens is 4. The molecule has 2 heterocycles. The number of rotatable bonds is 5. The molecule has 1 atom stereocenters. The molecule has 2 aromatic heterocycles. The van der Waals surface area contributed by atoms with Crippen molar-refractivity contribution in [1.29, 1.82) is 0 Å². The van der Waals surface area contributed by atoms with Gasteiger partial charge in [-0.05, 0) is 65.3 Å². The molecule has 0 bridgehead atoms. The minimum atomic E-state index is -4.39. The summed E-state index contributed by atoms with van der Waals surface area (Å²) in [4.78, 5) is 20.8. The Labute approximate surface area is 173 Å². The molecule has 0 saturated heterocycles. The van der Waals surface area contributed by atoms with Crippen molar-refractivity contribution in [3.05, 3.63) is 82.2 Å². The maximum absolute atomic E-state index is 12.6. The molecule has 29 heavy (non-hydrogen) atoms. The van der Waals surface area contributed by atoms with Gasteiger partial charge in [-0.1, -0.05) is 6.07 Å². The molecule has 150 valence electrons. The third-order valence-corrected chi connectivity index (χ3v) is 4.66. The van der Waals surface area contributed by atoms with Crippen LogP contribution in [0.5, 0.6) is 0 Å². The highest BCUT2D eigenvalue weighted by atomic mass is 79.9. The molecule has 1 amide bonds. The minimum Gasteiger partial charge on any atom is -0.344 e. The van der Waals surface area contributed by atoms with Crippen molar-refractivity contribution in [3.63, 3.8) is 0 Å². The number of carbonyl (C=O) groups is 1. The molecular weight excluding hydrogens is 449 g/mol. The number of hydrogen-bond acceptors (Lipinski definition) is 4. The SMILES string of the molecule is C[C@H](NC(=O)c1cnc(Nc2ccc(C(F)(F)F)cc2)c(Br)c1)c1ccccn1. The number of aromatic nitrogens is 2. The Bertz CT molecular complexity index is 995. The summed E-state index contributed by atoms with van der Waals surface area (Å²) in [5.74, 6) is 0.0523. The second-order valence-electron chi connectivity index (χ2n) is 6.20. The summed E-state index contributed by atoms with van der Waals surface area (Å²) in [5, 5.41) is 5.76. The first-order chi connectivity index (χ1) is 13.7. The number of amides is 1. The second-order valence-corrected chi connectivity index (χ2v) is 7.06. The number of pyridine rings is 2. The third kappa shape index (κ3) is 5.32. The summed E-state index contributed by atoms with van der Waals surface area (Å²) in [6.45, 7) is 1.82. The summed E-state index contributed by atoms with van der Waals surface area (Å²) in [6, 6.07) is 11.3. The van der Waals surface area contributed by atoms with E-state index in [1.165, 1.54) is 18.3 Å². The van der Waals surface area contributed by atoms with Gasteiger partial charge < -0.3 is 10.6 Å². The van der Waals surface area contributed by atoms with E-state index in [1.54, 1.807) is 18.3 Å². The van der Waals surface area contributed by atoms with Gasteiger partial charge in [0, 0.05) is 18.1 Å². The van der Waals surface area contributed by atoms with Crippen molar-refractivity contribution in [1.82, 2.24) is 15.3 Å². The van der Waals surface area contributed by atoms with E-state index in [2.05, 4.69) is 36.5 Å². The fourth-order valence-corrected chi connectivity index (χ4v) is 2.97. The van der Waals surface area contributed by atoms with E-state index in [4.69, 9.17) is 0 Å². The van der Waals surface area contributed by atoms with Gasteiger partial charge in [-0.15, -0.1) is 0 Å². The summed E-state index contributed by atoms with van der Waals surface area (Å²) in [7, 11) is 0. The molecule has 0 aliphatic rings. The molecule has 5 nitrogen and oxygen atoms in total. The normalized spacial score (nSPS) is 12.3. The molecule has 0 unspecified atom stereocenters. The molecular formula is C20H16BrF3N4O. The molecule has 1 aromatic carbocycles. The van der Waals surface area contributed by atoms with Gasteiger partial charge in [-0.3, -0.25) is 9.78 Å². The summed E-state index contributed by atoms with van der Waals surface area (Å²) < 4.78 is 38.4. The molecule has 3 aromatic rings. The smallest absolute Gasteiger partial charge is 0.344 e. The number of nitrogens with one attached hydrogen (secondary N) is 2. The average Bonchev–Trinajstić information content (AvgIpc) is 2.70. The maximum Gasteiger partial charge on any atom is 0.416 e. The van der Waals surface area contributed by atoms with Crippen LogP contribution in [0, 0.1) is 0 Å². The lowest BCUT2D eigenvalue weighted by Crippen LogP contribution is -2.27. The fourth-order valence-electron chi connectivity index (χ4n) is 2.52. The van der Waals surface area contributed by atoms with E-state index in [9.17, 15) is 18.0 Å². The van der Waals surface area contributed by atoms with Gasteiger partial charge in [0.25, 0.3) is 5.91 Å². The van der Waals surface area contributed by atoms with Gasteiger partial charge in [-0.25, -0.2) is 4.98 Å². The van der Waals surface area contributed by atoms with Gasteiger partial charge in [0.15, 0.2) is 0 Å². The number of anilines is 2. The van der Waals surface area contributed by atoms with Gasteiger partial charge in [0.05, 0.1) is 27.3 Å². The van der Waals surface area contributed by atoms with Crippen molar-refractivity contribution in [3.8, 4) is 0 Å². The molecule has 0 spiro atoms. The second kappa shape index (κ2) is 8.60. The van der Waals surface area contributed by atoms with Crippen LogP contribution in [0.25, 0.3) is 0 Å². The van der Waals surface area contributed by atoms with Gasteiger partial charge in [0.1, 0.15) is 5.82 Å². The zero-order valence-corrected chi connectivity index (χ0v) is 16.8. The summed E-state index contributed by atoms with van der Waals surface area (Å²) >= 11 is 3.33. The third-order valence-electron chi connectivity index (χ3n) is 4.06. The summed E-state index contributed by atoms with van der Waals surface area (Å²) in [5.41, 5.74) is 0.766. The van der Waals surface area contributed by atoms with Crippen molar-refractivity contribution in [2.24, 2.45) is 0 Å². The first-order valence-electron chi connectivity index (χ1n) is 8.55. The topological polar surface area (TPSA) is 66.9 Å². The van der Waals surface area contributed by atoms with Crippen LogP contribution in [-0.2, 0) is 6.18 Å². The minimum absolute atomic E-state index is 0.285. The van der Waals surface area contributed by atoms with E-state index in [1.807, 2.05) is 19.1 Å². The van der Waals surface area contributed by atoms with Crippen LogP contribution in [0.4, 0.5) is 24.7 Å². The molecule has 0 aliphatic heterocycles. The lowest BCUT2D eigenvalue weighted by atomic mass is 10.2. The molecule has 0 saturated carbocycles. The number of alkyl halides is 3. The van der Waals surface area contributed by atoms with Crippen molar-refractivity contribution in [2.75, 3.05) is 5.32 Å². The van der Waals surface area contributed by atoms with Crippen LogP contribution in [0.15, 0.2) is 65.4 Å². The standard InChI is InChI=1S/C20H16BrF3N4O/c1-12(17-4-2-3-9-25-17)27-19(29)13-10-16(21)18(26-11-13)28-15-7-5-14(6-8-15)20(22,23)24/h2-12H,1H3,(H,26,28)(H,27,29)/t12-/m0/s1. The van der Waals surface area contributed by atoms with E-state index < -0.39 is 11.7 Å². The Hall–Kier alpha value is -2.94. The Morgan fingerprint density at radius 3 is 2.41 bits per heavy atom. The Morgan fingerprint density at radius 2 is 1.83 bits per heavy atom. The van der Waals surface area contributed by atoms with Crippen LogP contribution >= 0.6 is 15.9 Å². The lowest BCUT2D eigenvalue weighted by molar-refractivity contribution is -0.137. The number of nitrogens with zero attached hydrogens (tertiary/aromatic N) is 2. The molecule has 0 radical (unpaired) electrons. The highest BCUT2D eigenvalue weighted by Crippen LogP contribution is 2.31. The number of carbonyl (C=O) groups excluding carboxylic acids is 1. The van der Waals surface area contributed by atoms with Crippen molar-refractivity contribution < 1.29 is 18.0 Å². The van der Waals surface area contributed by atoms with E-state index in [-0.39, 0.29) is 11.9 Å². The van der Waals surface area contributed by atoms with Gasteiger partial charge >= 0.3 is 6.18 Å². The predicted octanol–water partition coefficient (Wildman–Crippen LogP) is 5.49. The van der Waals surface area contributed by atoms with Crippen LogP contribution < -0.4 is 10.6 Å². The molecule has 3 rings (SSSR count). The zero-order valence-electron chi connectivity index (χ0n) is 15.2. The van der Waals surface area contributed by atoms with Crippen LogP contribution in [-0.4, -0.2) is 15.9 Å². The highest BCUT2D eigenvalue weighted by molar-refractivity contribution is 9.10. The van der Waals surface area contributed by atoms with E-state index in [0.29, 0.717) is 21.5 Å². The molecule has 0 fully saturated rings. The van der Waals surface area contributed by atoms with Crippen LogP contribution in [0.3, 0.4) is 0 Å². The quantitative estimate of drug-likeness (QED) is 0.523. The predicted molar refractivity (Wildman–Crippen MR) is 107 cm³/mol. The average molecular weight is 465 g/mol. The van der Waals surface area contributed by atoms with E-state index >= 15 is 0 Å².